The number of guanidine groups is 1. The van der Waals surface area contributed by atoms with Gasteiger partial charge in [-0.3, -0.25) is 14.7 Å². The van der Waals surface area contributed by atoms with E-state index in [2.05, 4.69) is 45.6 Å². The van der Waals surface area contributed by atoms with Gasteiger partial charge in [-0.25, -0.2) is 4.99 Å². The number of nitrogens with zero attached hydrogens (tertiary/aromatic N) is 3. The molecule has 1 aromatic heterocycles. The van der Waals surface area contributed by atoms with Crippen LogP contribution in [0.15, 0.2) is 53.7 Å². The van der Waals surface area contributed by atoms with Crippen molar-refractivity contribution in [3.05, 3.63) is 54.2 Å². The number of carbonyl (C=O) groups excluding carboxylic acids is 1. The Balaban J connectivity index is 0.00000320. The molecule has 7 nitrogen and oxygen atoms in total. The lowest BCUT2D eigenvalue weighted by atomic mass is 10.1. The summed E-state index contributed by atoms with van der Waals surface area (Å²) in [4.78, 5) is 22.4. The van der Waals surface area contributed by atoms with Crippen LogP contribution in [0.4, 0.5) is 0 Å². The third-order valence-corrected chi connectivity index (χ3v) is 4.96. The third-order valence-electron chi connectivity index (χ3n) is 4.96. The fraction of sp³-hybridized carbons (Fsp3) is 0.409. The van der Waals surface area contributed by atoms with Crippen LogP contribution in [0.3, 0.4) is 0 Å². The van der Waals surface area contributed by atoms with Gasteiger partial charge >= 0.3 is 0 Å². The van der Waals surface area contributed by atoms with Crippen LogP contribution >= 0.6 is 24.0 Å². The molecule has 2 aromatic rings. The summed E-state index contributed by atoms with van der Waals surface area (Å²) in [5, 5.41) is 6.86. The molecule has 3 rings (SSSR count). The van der Waals surface area contributed by atoms with Gasteiger partial charge in [-0.1, -0.05) is 24.3 Å². The summed E-state index contributed by atoms with van der Waals surface area (Å²) >= 11 is 0. The lowest BCUT2D eigenvalue weighted by molar-refractivity contribution is -0.119. The zero-order valence-corrected chi connectivity index (χ0v) is 19.7. The lowest BCUT2D eigenvalue weighted by Gasteiger charge is -2.32. The Hall–Kier alpha value is -2.20. The van der Waals surface area contributed by atoms with Gasteiger partial charge < -0.3 is 16.4 Å². The van der Waals surface area contributed by atoms with Gasteiger partial charge in [0.1, 0.15) is 0 Å². The highest BCUT2D eigenvalue weighted by Crippen LogP contribution is 2.18. The SMILES string of the molecule is CCNC(=NCc1cccc(-c2ccccn2)c1)NC1CCN(CC(N)=O)CC1.I. The zero-order chi connectivity index (χ0) is 20.5. The summed E-state index contributed by atoms with van der Waals surface area (Å²) < 4.78 is 0. The monoisotopic (exact) mass is 522 g/mol. The number of halogens is 1. The van der Waals surface area contributed by atoms with Crippen molar-refractivity contribution in [2.75, 3.05) is 26.2 Å². The van der Waals surface area contributed by atoms with E-state index in [9.17, 15) is 4.79 Å². The van der Waals surface area contributed by atoms with E-state index in [1.54, 1.807) is 0 Å². The summed E-state index contributed by atoms with van der Waals surface area (Å²) in [5.41, 5.74) is 8.49. The highest BCUT2D eigenvalue weighted by atomic mass is 127. The first kappa shape index (κ1) is 24.1. The number of nitrogens with one attached hydrogen (secondary N) is 2. The molecule has 0 unspecified atom stereocenters. The molecule has 1 aliphatic heterocycles. The maximum absolute atomic E-state index is 11.1. The van der Waals surface area contributed by atoms with E-state index >= 15 is 0 Å². The van der Waals surface area contributed by atoms with Crippen molar-refractivity contribution in [2.45, 2.75) is 32.4 Å². The number of hydrogen-bond acceptors (Lipinski definition) is 4. The molecular formula is C22H31IN6O. The summed E-state index contributed by atoms with van der Waals surface area (Å²) in [6.45, 7) is 5.54. The topological polar surface area (TPSA) is 95.6 Å². The van der Waals surface area contributed by atoms with Crippen molar-refractivity contribution < 1.29 is 4.79 Å². The molecule has 0 radical (unpaired) electrons. The molecule has 1 saturated heterocycles. The van der Waals surface area contributed by atoms with Crippen LogP contribution in [-0.4, -0.2) is 54.0 Å². The van der Waals surface area contributed by atoms with Gasteiger partial charge in [0.25, 0.3) is 0 Å². The molecule has 0 atom stereocenters. The number of nitrogens with two attached hydrogens (primary N) is 1. The number of aromatic nitrogens is 1. The largest absolute Gasteiger partial charge is 0.369 e. The Bertz CT molecular complexity index is 821. The number of rotatable bonds is 7. The fourth-order valence-electron chi connectivity index (χ4n) is 3.50. The van der Waals surface area contributed by atoms with Crippen LogP contribution in [0.25, 0.3) is 11.3 Å². The number of piperidine rings is 1. The quantitative estimate of drug-likeness (QED) is 0.295. The molecule has 1 aromatic carbocycles. The molecule has 0 saturated carbocycles. The number of benzene rings is 1. The summed E-state index contributed by atoms with van der Waals surface area (Å²) in [6.07, 6.45) is 3.74. The first-order valence-corrected chi connectivity index (χ1v) is 10.2. The molecule has 30 heavy (non-hydrogen) atoms. The van der Waals surface area contributed by atoms with Gasteiger partial charge in [0.15, 0.2) is 5.96 Å². The van der Waals surface area contributed by atoms with E-state index in [1.807, 2.05) is 30.5 Å². The Morgan fingerprint density at radius 1 is 1.23 bits per heavy atom. The second kappa shape index (κ2) is 12.5. The van der Waals surface area contributed by atoms with E-state index in [-0.39, 0.29) is 29.9 Å². The number of hydrogen-bond donors (Lipinski definition) is 3. The van der Waals surface area contributed by atoms with E-state index in [1.165, 1.54) is 0 Å². The molecule has 2 heterocycles. The number of primary amides is 1. The first-order valence-electron chi connectivity index (χ1n) is 10.2. The van der Waals surface area contributed by atoms with Gasteiger partial charge in [0.2, 0.25) is 5.91 Å². The Labute approximate surface area is 195 Å². The van der Waals surface area contributed by atoms with Crippen LogP contribution in [0, 0.1) is 0 Å². The van der Waals surface area contributed by atoms with Crippen molar-refractivity contribution >= 4 is 35.8 Å². The molecule has 1 aliphatic rings. The number of carbonyl (C=O) groups is 1. The van der Waals surface area contributed by atoms with E-state index < -0.39 is 0 Å². The fourth-order valence-corrected chi connectivity index (χ4v) is 3.50. The van der Waals surface area contributed by atoms with Gasteiger partial charge in [0, 0.05) is 37.4 Å². The van der Waals surface area contributed by atoms with Gasteiger partial charge in [-0.2, -0.15) is 0 Å². The van der Waals surface area contributed by atoms with Gasteiger partial charge in [0.05, 0.1) is 18.8 Å². The number of pyridine rings is 1. The Morgan fingerprint density at radius 3 is 2.70 bits per heavy atom. The molecule has 0 bridgehead atoms. The minimum Gasteiger partial charge on any atom is -0.369 e. The van der Waals surface area contributed by atoms with Crippen LogP contribution in [0.1, 0.15) is 25.3 Å². The molecule has 4 N–H and O–H groups in total. The molecular weight excluding hydrogens is 491 g/mol. The van der Waals surface area contributed by atoms with E-state index in [4.69, 9.17) is 10.7 Å². The minimum absolute atomic E-state index is 0. The average molecular weight is 522 g/mol. The van der Waals surface area contributed by atoms with E-state index in [0.29, 0.717) is 19.1 Å². The standard InChI is InChI=1S/C22H30N6O.HI/c1-2-24-22(27-19-9-12-28(13-10-19)16-21(23)29)26-15-17-6-5-7-18(14-17)20-8-3-4-11-25-20;/h3-8,11,14,19H,2,9-10,12-13,15-16H2,1H3,(H2,23,29)(H2,24,26,27);1H. The number of likely N-dealkylation sites (tertiary alicyclic amines) is 1. The van der Waals surface area contributed by atoms with E-state index in [0.717, 1.165) is 55.3 Å². The Kier molecular flexibility index (Phi) is 10.0. The van der Waals surface area contributed by atoms with Crippen molar-refractivity contribution in [2.24, 2.45) is 10.7 Å². The molecule has 8 heteroatoms. The zero-order valence-electron chi connectivity index (χ0n) is 17.4. The van der Waals surface area contributed by atoms with Crippen molar-refractivity contribution in [3.8, 4) is 11.3 Å². The number of aliphatic imine (C=N–C) groups is 1. The second-order valence-electron chi connectivity index (χ2n) is 7.27. The lowest BCUT2D eigenvalue weighted by Crippen LogP contribution is -2.49. The summed E-state index contributed by atoms with van der Waals surface area (Å²) in [7, 11) is 0. The van der Waals surface area contributed by atoms with Crippen LogP contribution in [0.5, 0.6) is 0 Å². The minimum atomic E-state index is -0.265. The molecule has 1 fully saturated rings. The third kappa shape index (κ3) is 7.56. The van der Waals surface area contributed by atoms with Crippen LogP contribution in [-0.2, 0) is 11.3 Å². The highest BCUT2D eigenvalue weighted by Gasteiger charge is 2.20. The maximum Gasteiger partial charge on any atom is 0.231 e. The number of amides is 1. The average Bonchev–Trinajstić information content (AvgIpc) is 2.74. The van der Waals surface area contributed by atoms with Gasteiger partial charge in [-0.05, 0) is 43.5 Å². The smallest absolute Gasteiger partial charge is 0.231 e. The molecule has 0 aliphatic carbocycles. The summed E-state index contributed by atoms with van der Waals surface area (Å²) in [5.74, 6) is 0.559. The van der Waals surface area contributed by atoms with Gasteiger partial charge in [-0.15, -0.1) is 24.0 Å². The predicted molar refractivity (Wildman–Crippen MR) is 132 cm³/mol. The van der Waals surface area contributed by atoms with Crippen molar-refractivity contribution in [1.29, 1.82) is 0 Å². The van der Waals surface area contributed by atoms with Crippen molar-refractivity contribution in [1.82, 2.24) is 20.5 Å². The molecule has 162 valence electrons. The maximum atomic E-state index is 11.1. The van der Waals surface area contributed by atoms with Crippen molar-refractivity contribution in [3.63, 3.8) is 0 Å². The first-order chi connectivity index (χ1) is 14.1. The second-order valence-corrected chi connectivity index (χ2v) is 7.27. The highest BCUT2D eigenvalue weighted by molar-refractivity contribution is 14.0. The summed E-state index contributed by atoms with van der Waals surface area (Å²) in [6, 6.07) is 14.6. The molecule has 1 amide bonds. The predicted octanol–water partition coefficient (Wildman–Crippen LogP) is 2.37. The van der Waals surface area contributed by atoms with Crippen LogP contribution < -0.4 is 16.4 Å². The normalized spacial score (nSPS) is 15.3. The Morgan fingerprint density at radius 2 is 2.03 bits per heavy atom. The van der Waals surface area contributed by atoms with Crippen LogP contribution in [0.2, 0.25) is 0 Å². The molecule has 0 spiro atoms.